The molecule has 1 rings (SSSR count). The average molecular weight is 241 g/mol. The SMILES string of the molecule is CC(NCC(C)(C)CN(C)C)c1cncs1. The molecule has 0 radical (unpaired) electrons. The highest BCUT2D eigenvalue weighted by atomic mass is 32.1. The lowest BCUT2D eigenvalue weighted by atomic mass is 9.92. The first-order valence-corrected chi connectivity index (χ1v) is 6.55. The predicted molar refractivity (Wildman–Crippen MR) is 70.9 cm³/mol. The van der Waals surface area contributed by atoms with E-state index in [2.05, 4.69) is 50.1 Å². The van der Waals surface area contributed by atoms with Gasteiger partial charge in [-0.1, -0.05) is 13.8 Å². The van der Waals surface area contributed by atoms with Crippen molar-refractivity contribution in [1.29, 1.82) is 0 Å². The van der Waals surface area contributed by atoms with Gasteiger partial charge in [-0.2, -0.15) is 0 Å². The first-order valence-electron chi connectivity index (χ1n) is 5.67. The van der Waals surface area contributed by atoms with E-state index in [0.29, 0.717) is 11.5 Å². The van der Waals surface area contributed by atoms with E-state index in [1.807, 2.05) is 11.7 Å². The Morgan fingerprint density at radius 2 is 2.19 bits per heavy atom. The normalized spacial score (nSPS) is 14.4. The predicted octanol–water partition coefficient (Wildman–Crippen LogP) is 2.38. The Balaban J connectivity index is 2.39. The van der Waals surface area contributed by atoms with Gasteiger partial charge >= 0.3 is 0 Å². The van der Waals surface area contributed by atoms with Crippen molar-refractivity contribution >= 4 is 11.3 Å². The lowest BCUT2D eigenvalue weighted by Crippen LogP contribution is -2.38. The maximum atomic E-state index is 4.11. The summed E-state index contributed by atoms with van der Waals surface area (Å²) in [4.78, 5) is 7.65. The fourth-order valence-electron chi connectivity index (χ4n) is 1.88. The van der Waals surface area contributed by atoms with Gasteiger partial charge in [0.15, 0.2) is 0 Å². The molecule has 1 heterocycles. The van der Waals surface area contributed by atoms with Gasteiger partial charge in [-0.3, -0.25) is 4.98 Å². The number of rotatable bonds is 6. The number of aromatic nitrogens is 1. The third-order valence-electron chi connectivity index (χ3n) is 2.51. The molecule has 16 heavy (non-hydrogen) atoms. The zero-order valence-corrected chi connectivity index (χ0v) is 11.8. The molecule has 0 aliphatic carbocycles. The second kappa shape index (κ2) is 5.75. The summed E-state index contributed by atoms with van der Waals surface area (Å²) < 4.78 is 0. The van der Waals surface area contributed by atoms with Crippen LogP contribution in [0.25, 0.3) is 0 Å². The molecule has 0 fully saturated rings. The van der Waals surface area contributed by atoms with Crippen molar-refractivity contribution in [2.45, 2.75) is 26.8 Å². The lowest BCUT2D eigenvalue weighted by molar-refractivity contribution is 0.227. The van der Waals surface area contributed by atoms with Gasteiger partial charge in [-0.15, -0.1) is 11.3 Å². The molecule has 0 saturated carbocycles. The molecule has 1 aromatic rings. The molecule has 0 bridgehead atoms. The van der Waals surface area contributed by atoms with Crippen LogP contribution in [0.5, 0.6) is 0 Å². The van der Waals surface area contributed by atoms with E-state index in [1.165, 1.54) is 4.88 Å². The highest BCUT2D eigenvalue weighted by Crippen LogP contribution is 2.20. The summed E-state index contributed by atoms with van der Waals surface area (Å²) in [7, 11) is 4.24. The summed E-state index contributed by atoms with van der Waals surface area (Å²) in [6.45, 7) is 8.89. The second-order valence-corrected chi connectivity index (χ2v) is 6.33. The number of hydrogen-bond acceptors (Lipinski definition) is 4. The van der Waals surface area contributed by atoms with E-state index >= 15 is 0 Å². The minimum atomic E-state index is 0.294. The molecule has 0 saturated heterocycles. The maximum Gasteiger partial charge on any atom is 0.0794 e. The van der Waals surface area contributed by atoms with Gasteiger partial charge in [0.25, 0.3) is 0 Å². The fourth-order valence-corrected chi connectivity index (χ4v) is 2.53. The van der Waals surface area contributed by atoms with Crippen molar-refractivity contribution < 1.29 is 0 Å². The molecule has 92 valence electrons. The Hall–Kier alpha value is -0.450. The molecule has 1 unspecified atom stereocenters. The monoisotopic (exact) mass is 241 g/mol. The van der Waals surface area contributed by atoms with Gasteiger partial charge in [0.2, 0.25) is 0 Å². The minimum Gasteiger partial charge on any atom is -0.309 e. The average Bonchev–Trinajstić information content (AvgIpc) is 2.64. The van der Waals surface area contributed by atoms with Crippen molar-refractivity contribution in [3.63, 3.8) is 0 Å². The molecule has 4 heteroatoms. The fraction of sp³-hybridized carbons (Fsp3) is 0.750. The van der Waals surface area contributed by atoms with Crippen LogP contribution in [0.3, 0.4) is 0 Å². The van der Waals surface area contributed by atoms with Crippen molar-refractivity contribution in [2.75, 3.05) is 27.2 Å². The molecule has 0 aromatic carbocycles. The topological polar surface area (TPSA) is 28.2 Å². The highest BCUT2D eigenvalue weighted by molar-refractivity contribution is 7.09. The van der Waals surface area contributed by atoms with Crippen LogP contribution in [-0.2, 0) is 0 Å². The standard InChI is InChI=1S/C12H23N3S/c1-10(11-6-13-9-16-11)14-7-12(2,3)8-15(4)5/h6,9-10,14H,7-8H2,1-5H3. The first kappa shape index (κ1) is 13.6. The molecule has 1 N–H and O–H groups in total. The summed E-state index contributed by atoms with van der Waals surface area (Å²) in [5.41, 5.74) is 2.18. The molecule has 0 aliphatic rings. The Bertz CT molecular complexity index is 293. The van der Waals surface area contributed by atoms with Crippen LogP contribution in [0.4, 0.5) is 0 Å². The van der Waals surface area contributed by atoms with E-state index in [-0.39, 0.29) is 0 Å². The summed E-state index contributed by atoms with van der Waals surface area (Å²) in [5.74, 6) is 0. The van der Waals surface area contributed by atoms with E-state index in [9.17, 15) is 0 Å². The smallest absolute Gasteiger partial charge is 0.0794 e. The number of thiazole rings is 1. The molecule has 0 spiro atoms. The quantitative estimate of drug-likeness (QED) is 0.829. The van der Waals surface area contributed by atoms with Crippen molar-refractivity contribution in [1.82, 2.24) is 15.2 Å². The van der Waals surface area contributed by atoms with E-state index < -0.39 is 0 Å². The lowest BCUT2D eigenvalue weighted by Gasteiger charge is -2.29. The van der Waals surface area contributed by atoms with Crippen molar-refractivity contribution in [3.05, 3.63) is 16.6 Å². The summed E-state index contributed by atoms with van der Waals surface area (Å²) in [6, 6.07) is 0.397. The van der Waals surface area contributed by atoms with E-state index in [1.54, 1.807) is 11.3 Å². The van der Waals surface area contributed by atoms with Crippen LogP contribution < -0.4 is 5.32 Å². The zero-order valence-electron chi connectivity index (χ0n) is 10.9. The summed E-state index contributed by atoms with van der Waals surface area (Å²) >= 11 is 1.71. The second-order valence-electron chi connectivity index (χ2n) is 5.41. The third kappa shape index (κ3) is 4.60. The van der Waals surface area contributed by atoms with Crippen LogP contribution in [0.2, 0.25) is 0 Å². The van der Waals surface area contributed by atoms with Gasteiger partial charge in [0, 0.05) is 30.2 Å². The Morgan fingerprint density at radius 3 is 2.69 bits per heavy atom. The Kier molecular flexibility index (Phi) is 4.89. The summed E-state index contributed by atoms with van der Waals surface area (Å²) in [6.07, 6.45) is 1.95. The molecule has 0 aliphatic heterocycles. The third-order valence-corrected chi connectivity index (χ3v) is 3.47. The molecular formula is C12H23N3S. The Labute approximate surface area is 103 Å². The van der Waals surface area contributed by atoms with Crippen LogP contribution >= 0.6 is 11.3 Å². The Morgan fingerprint density at radius 1 is 1.50 bits per heavy atom. The number of nitrogens with one attached hydrogen (secondary N) is 1. The molecule has 3 nitrogen and oxygen atoms in total. The van der Waals surface area contributed by atoms with Gasteiger partial charge in [-0.25, -0.2) is 0 Å². The highest BCUT2D eigenvalue weighted by Gasteiger charge is 2.20. The van der Waals surface area contributed by atoms with Crippen LogP contribution in [0.1, 0.15) is 31.7 Å². The number of hydrogen-bond donors (Lipinski definition) is 1. The maximum absolute atomic E-state index is 4.11. The van der Waals surface area contributed by atoms with Crippen molar-refractivity contribution in [3.8, 4) is 0 Å². The van der Waals surface area contributed by atoms with Crippen molar-refractivity contribution in [2.24, 2.45) is 5.41 Å². The first-order chi connectivity index (χ1) is 7.41. The van der Waals surface area contributed by atoms with E-state index in [0.717, 1.165) is 13.1 Å². The van der Waals surface area contributed by atoms with Crippen LogP contribution in [-0.4, -0.2) is 37.1 Å². The zero-order chi connectivity index (χ0) is 12.2. The number of nitrogens with zero attached hydrogens (tertiary/aromatic N) is 2. The van der Waals surface area contributed by atoms with Gasteiger partial charge in [0.1, 0.15) is 0 Å². The molecule has 0 amide bonds. The van der Waals surface area contributed by atoms with Crippen LogP contribution in [0, 0.1) is 5.41 Å². The molecule has 1 atom stereocenters. The molecule has 1 aromatic heterocycles. The minimum absolute atomic E-state index is 0.294. The summed E-state index contributed by atoms with van der Waals surface area (Å²) in [5, 5.41) is 3.57. The largest absolute Gasteiger partial charge is 0.309 e. The van der Waals surface area contributed by atoms with E-state index in [4.69, 9.17) is 0 Å². The van der Waals surface area contributed by atoms with Crippen LogP contribution in [0.15, 0.2) is 11.7 Å². The molecular weight excluding hydrogens is 218 g/mol. The van der Waals surface area contributed by atoms with Gasteiger partial charge < -0.3 is 10.2 Å². The van der Waals surface area contributed by atoms with Gasteiger partial charge in [0.05, 0.1) is 5.51 Å². The van der Waals surface area contributed by atoms with Gasteiger partial charge in [-0.05, 0) is 26.4 Å².